The zero-order valence-electron chi connectivity index (χ0n) is 11.2. The number of primary amides is 1. The van der Waals surface area contributed by atoms with Gasteiger partial charge in [-0.25, -0.2) is 13.6 Å². The van der Waals surface area contributed by atoms with Gasteiger partial charge in [-0.15, -0.1) is 0 Å². The van der Waals surface area contributed by atoms with Crippen LogP contribution in [0.1, 0.15) is 20.7 Å². The van der Waals surface area contributed by atoms with E-state index in [1.807, 2.05) is 0 Å². The molecule has 0 radical (unpaired) electrons. The lowest BCUT2D eigenvalue weighted by Crippen LogP contribution is -2.13. The molecular weight excluding hydrogens is 296 g/mol. The van der Waals surface area contributed by atoms with Gasteiger partial charge in [0.1, 0.15) is 11.6 Å². The summed E-state index contributed by atoms with van der Waals surface area (Å²) in [6, 6.07) is 6.70. The topological polar surface area (TPSA) is 132 Å². The second-order valence-corrected chi connectivity index (χ2v) is 4.13. The summed E-state index contributed by atoms with van der Waals surface area (Å²) < 4.78 is 24.8. The van der Waals surface area contributed by atoms with Crippen molar-refractivity contribution >= 4 is 23.3 Å². The third-order valence-electron chi connectivity index (χ3n) is 2.53. The predicted molar refractivity (Wildman–Crippen MR) is 77.1 cm³/mol. The van der Waals surface area contributed by atoms with Crippen LogP contribution >= 0.6 is 0 Å². The maximum absolute atomic E-state index is 12.4. The highest BCUT2D eigenvalue weighted by Gasteiger charge is 2.07. The molecule has 0 unspecified atom stereocenters. The van der Waals surface area contributed by atoms with E-state index in [4.69, 9.17) is 22.3 Å². The minimum Gasteiger partial charge on any atom is -0.478 e. The van der Waals surface area contributed by atoms with Gasteiger partial charge in [0.25, 0.3) is 5.91 Å². The summed E-state index contributed by atoms with van der Waals surface area (Å²) in [6.07, 6.45) is 0. The minimum absolute atomic E-state index is 0.0185. The quantitative estimate of drug-likeness (QED) is 0.626. The molecule has 0 atom stereocenters. The summed E-state index contributed by atoms with van der Waals surface area (Å²) in [6.45, 7) is 0. The molecule has 0 aliphatic heterocycles. The molecule has 1 amide bonds. The highest BCUT2D eigenvalue weighted by atomic mass is 19.1. The number of carbonyl (C=O) groups is 2. The van der Waals surface area contributed by atoms with Gasteiger partial charge in [-0.1, -0.05) is 0 Å². The first-order valence-electron chi connectivity index (χ1n) is 5.85. The van der Waals surface area contributed by atoms with Crippen LogP contribution in [0, 0.1) is 11.6 Å². The van der Waals surface area contributed by atoms with Gasteiger partial charge in [0, 0.05) is 11.4 Å². The molecule has 22 heavy (non-hydrogen) atoms. The number of carboxylic acid groups (broad SMARTS) is 1. The van der Waals surface area contributed by atoms with E-state index in [9.17, 15) is 18.4 Å². The van der Waals surface area contributed by atoms with Crippen LogP contribution in [0.3, 0.4) is 0 Å². The summed E-state index contributed by atoms with van der Waals surface area (Å²) in [5.74, 6) is -3.06. The Morgan fingerprint density at radius 1 is 0.864 bits per heavy atom. The fraction of sp³-hybridized carbons (Fsp3) is 0. The van der Waals surface area contributed by atoms with Gasteiger partial charge < -0.3 is 22.3 Å². The molecule has 7 N–H and O–H groups in total. The molecule has 0 bridgehead atoms. The second kappa shape index (κ2) is 7.02. The SMILES string of the molecule is NC(=O)c1cc(F)ccc1N.Nc1ccc(F)cc1C(=O)O. The Kier molecular flexibility index (Phi) is 5.39. The van der Waals surface area contributed by atoms with Crippen molar-refractivity contribution in [2.75, 3.05) is 11.5 Å². The number of rotatable bonds is 2. The number of aromatic carboxylic acids is 1. The Hall–Kier alpha value is -3.16. The number of halogens is 2. The zero-order valence-corrected chi connectivity index (χ0v) is 11.2. The zero-order chi connectivity index (χ0) is 16.9. The van der Waals surface area contributed by atoms with Gasteiger partial charge in [-0.2, -0.15) is 0 Å². The first-order chi connectivity index (χ1) is 10.2. The highest BCUT2D eigenvalue weighted by Crippen LogP contribution is 2.13. The summed E-state index contributed by atoms with van der Waals surface area (Å²) in [4.78, 5) is 20.9. The van der Waals surface area contributed by atoms with Crippen molar-refractivity contribution in [3.63, 3.8) is 0 Å². The Labute approximate surface area is 124 Å². The first kappa shape index (κ1) is 16.9. The molecule has 0 fully saturated rings. The molecule has 116 valence electrons. The van der Waals surface area contributed by atoms with Crippen molar-refractivity contribution in [3.8, 4) is 0 Å². The number of hydrogen-bond donors (Lipinski definition) is 4. The van der Waals surface area contributed by atoms with Gasteiger partial charge in [0.15, 0.2) is 0 Å². The fourth-order valence-corrected chi connectivity index (χ4v) is 1.46. The molecule has 8 heteroatoms. The number of hydrogen-bond acceptors (Lipinski definition) is 4. The van der Waals surface area contributed by atoms with Crippen LogP contribution in [0.25, 0.3) is 0 Å². The number of nitrogens with two attached hydrogens (primary N) is 3. The highest BCUT2D eigenvalue weighted by molar-refractivity contribution is 5.97. The number of benzene rings is 2. The molecule has 2 rings (SSSR count). The number of anilines is 2. The van der Waals surface area contributed by atoms with Crippen molar-refractivity contribution in [3.05, 3.63) is 59.2 Å². The average molecular weight is 309 g/mol. The van der Waals surface area contributed by atoms with Crippen LogP contribution in [0.15, 0.2) is 36.4 Å². The van der Waals surface area contributed by atoms with Crippen molar-refractivity contribution in [2.24, 2.45) is 5.73 Å². The molecular formula is C14H13F2N3O3. The van der Waals surface area contributed by atoms with E-state index < -0.39 is 23.5 Å². The Morgan fingerprint density at radius 3 is 1.59 bits per heavy atom. The number of nitrogen functional groups attached to an aromatic ring is 2. The number of carboxylic acids is 1. The smallest absolute Gasteiger partial charge is 0.337 e. The van der Waals surface area contributed by atoms with E-state index in [0.717, 1.165) is 18.2 Å². The second-order valence-electron chi connectivity index (χ2n) is 4.13. The fourth-order valence-electron chi connectivity index (χ4n) is 1.46. The molecule has 0 aliphatic carbocycles. The maximum atomic E-state index is 12.4. The van der Waals surface area contributed by atoms with E-state index in [1.165, 1.54) is 18.2 Å². The summed E-state index contributed by atoms with van der Waals surface area (Å²) in [5, 5.41) is 8.44. The van der Waals surface area contributed by atoms with E-state index in [2.05, 4.69) is 0 Å². The lowest BCUT2D eigenvalue weighted by molar-refractivity contribution is 0.0697. The third kappa shape index (κ3) is 4.44. The van der Waals surface area contributed by atoms with Crippen molar-refractivity contribution in [2.45, 2.75) is 0 Å². The Bertz CT molecular complexity index is 659. The van der Waals surface area contributed by atoms with Crippen LogP contribution < -0.4 is 17.2 Å². The number of amides is 1. The van der Waals surface area contributed by atoms with E-state index in [-0.39, 0.29) is 22.5 Å². The van der Waals surface area contributed by atoms with E-state index >= 15 is 0 Å². The first-order valence-corrected chi connectivity index (χ1v) is 5.85. The minimum atomic E-state index is -1.22. The summed E-state index contributed by atoms with van der Waals surface area (Å²) >= 11 is 0. The molecule has 0 heterocycles. The predicted octanol–water partition coefficient (Wildman–Crippen LogP) is 1.61. The van der Waals surface area contributed by atoms with Gasteiger partial charge in [-0.05, 0) is 36.4 Å². The van der Waals surface area contributed by atoms with E-state index in [1.54, 1.807) is 0 Å². The van der Waals surface area contributed by atoms with Crippen molar-refractivity contribution in [1.82, 2.24) is 0 Å². The molecule has 0 aliphatic rings. The lowest BCUT2D eigenvalue weighted by Gasteiger charge is -1.99. The lowest BCUT2D eigenvalue weighted by atomic mass is 10.2. The Morgan fingerprint density at radius 2 is 1.27 bits per heavy atom. The molecule has 2 aromatic carbocycles. The van der Waals surface area contributed by atoms with Gasteiger partial charge >= 0.3 is 5.97 Å². The molecule has 0 saturated carbocycles. The summed E-state index contributed by atoms with van der Waals surface area (Å²) in [7, 11) is 0. The maximum Gasteiger partial charge on any atom is 0.337 e. The molecule has 6 nitrogen and oxygen atoms in total. The number of carbonyl (C=O) groups excluding carboxylic acids is 1. The third-order valence-corrected chi connectivity index (χ3v) is 2.53. The monoisotopic (exact) mass is 309 g/mol. The normalized spacial score (nSPS) is 9.55. The van der Waals surface area contributed by atoms with Crippen LogP contribution in [-0.4, -0.2) is 17.0 Å². The summed E-state index contributed by atoms with van der Waals surface area (Å²) in [5.41, 5.74) is 15.5. The average Bonchev–Trinajstić information content (AvgIpc) is 2.44. The van der Waals surface area contributed by atoms with Gasteiger partial charge in [0.05, 0.1) is 11.1 Å². The van der Waals surface area contributed by atoms with Crippen LogP contribution in [0.5, 0.6) is 0 Å². The van der Waals surface area contributed by atoms with Crippen LogP contribution in [0.2, 0.25) is 0 Å². The van der Waals surface area contributed by atoms with Crippen molar-refractivity contribution < 1.29 is 23.5 Å². The standard InChI is InChI=1S/C7H7FN2O.C7H6FNO2/c2*8-4-1-2-6(9)5(3-4)7(10)11/h1-3H,9H2,(H2,10,11);1-3H,9H2,(H,10,11). The van der Waals surface area contributed by atoms with E-state index in [0.29, 0.717) is 0 Å². The van der Waals surface area contributed by atoms with Crippen LogP contribution in [0.4, 0.5) is 20.2 Å². The van der Waals surface area contributed by atoms with Gasteiger partial charge in [0.2, 0.25) is 0 Å². The van der Waals surface area contributed by atoms with Crippen molar-refractivity contribution in [1.29, 1.82) is 0 Å². The van der Waals surface area contributed by atoms with Gasteiger partial charge in [-0.3, -0.25) is 4.79 Å². The molecule has 0 aromatic heterocycles. The molecule has 0 saturated heterocycles. The largest absolute Gasteiger partial charge is 0.478 e. The van der Waals surface area contributed by atoms with Crippen LogP contribution in [-0.2, 0) is 0 Å². The Balaban J connectivity index is 0.000000220. The molecule has 0 spiro atoms. The molecule has 2 aromatic rings.